The third kappa shape index (κ3) is 65.0. The zero-order chi connectivity index (χ0) is 57.1. The van der Waals surface area contributed by atoms with Gasteiger partial charge in [-0.3, -0.25) is 14.4 Å². The summed E-state index contributed by atoms with van der Waals surface area (Å²) in [6.07, 6.45) is 90.1. The second kappa shape index (κ2) is 66.8. The van der Waals surface area contributed by atoms with Gasteiger partial charge in [0.05, 0.1) is 0 Å². The van der Waals surface area contributed by atoms with Crippen LogP contribution in [0.3, 0.4) is 0 Å². The molecule has 0 saturated heterocycles. The summed E-state index contributed by atoms with van der Waals surface area (Å²) >= 11 is 0. The molecule has 0 radical (unpaired) electrons. The first-order valence-corrected chi connectivity index (χ1v) is 33.7. The van der Waals surface area contributed by atoms with E-state index in [9.17, 15) is 14.4 Å². The van der Waals surface area contributed by atoms with E-state index in [0.29, 0.717) is 19.3 Å². The van der Waals surface area contributed by atoms with Crippen molar-refractivity contribution in [2.75, 3.05) is 13.2 Å². The van der Waals surface area contributed by atoms with E-state index >= 15 is 0 Å². The number of carbonyl (C=O) groups excluding carboxylic acids is 3. The molecule has 0 N–H and O–H groups in total. The highest BCUT2D eigenvalue weighted by atomic mass is 16.6. The summed E-state index contributed by atoms with van der Waals surface area (Å²) in [5, 5.41) is 0. The van der Waals surface area contributed by atoms with Crippen LogP contribution in [-0.4, -0.2) is 37.2 Å². The number of allylic oxidation sites excluding steroid dienone is 16. The Hall–Kier alpha value is -3.67. The lowest BCUT2D eigenvalue weighted by Gasteiger charge is -2.18. The second-order valence-corrected chi connectivity index (χ2v) is 22.3. The van der Waals surface area contributed by atoms with Crippen LogP contribution in [0.4, 0.5) is 0 Å². The molecular formula is C73H126O6. The van der Waals surface area contributed by atoms with E-state index in [4.69, 9.17) is 14.2 Å². The normalized spacial score (nSPS) is 12.7. The van der Waals surface area contributed by atoms with Gasteiger partial charge in [0.2, 0.25) is 0 Å². The Morgan fingerprint density at radius 1 is 0.266 bits per heavy atom. The highest BCUT2D eigenvalue weighted by molar-refractivity contribution is 5.71. The Balaban J connectivity index is 4.24. The fraction of sp³-hybridized carbons (Fsp3) is 0.740. The highest BCUT2D eigenvalue weighted by Crippen LogP contribution is 2.16. The quantitative estimate of drug-likeness (QED) is 0.0261. The van der Waals surface area contributed by atoms with Crippen molar-refractivity contribution in [3.8, 4) is 0 Å². The molecule has 0 heterocycles. The molecule has 6 heteroatoms. The zero-order valence-electron chi connectivity index (χ0n) is 52.1. The number of rotatable bonds is 61. The molecular weight excluding hydrogens is 973 g/mol. The van der Waals surface area contributed by atoms with E-state index in [1.165, 1.54) is 186 Å². The molecule has 0 spiro atoms. The number of hydrogen-bond donors (Lipinski definition) is 0. The van der Waals surface area contributed by atoms with Gasteiger partial charge in [0.25, 0.3) is 0 Å². The highest BCUT2D eigenvalue weighted by Gasteiger charge is 2.19. The molecule has 0 aliphatic heterocycles. The molecule has 1 unspecified atom stereocenters. The molecule has 6 nitrogen and oxygen atoms in total. The van der Waals surface area contributed by atoms with E-state index in [0.717, 1.165) is 96.3 Å². The van der Waals surface area contributed by atoms with Crippen LogP contribution in [0.25, 0.3) is 0 Å². The molecule has 0 aliphatic carbocycles. The Labute approximate surface area is 489 Å². The minimum Gasteiger partial charge on any atom is -0.462 e. The van der Waals surface area contributed by atoms with Gasteiger partial charge in [-0.15, -0.1) is 0 Å². The van der Waals surface area contributed by atoms with Gasteiger partial charge in [-0.2, -0.15) is 0 Å². The van der Waals surface area contributed by atoms with Crippen LogP contribution >= 0.6 is 0 Å². The molecule has 0 bridgehead atoms. The van der Waals surface area contributed by atoms with E-state index in [1.807, 2.05) is 0 Å². The minimum atomic E-state index is -0.803. The standard InChI is InChI=1S/C73H126O6/c1-4-7-10-13-16-19-22-25-28-29-30-31-32-33-34-35-36-37-38-39-40-41-42-43-46-48-51-54-57-60-63-66-72(75)78-69-70(79-73(76)67-64-61-58-55-52-49-45-27-24-21-18-15-12-9-6-3)68-77-71(74)65-62-59-56-53-50-47-44-26-23-20-17-14-11-8-5-2/h9,12,18,21-22,25-27,29-30,32-33,44-45,52,55,70H,4-8,10-11,13-17,19-20,23-24,28,31,34-43,46-51,53-54,56-69H2,1-3H3/b12-9-,21-18-,25-22-,30-29-,33-32-,44-26-,45-27-,55-52-. The summed E-state index contributed by atoms with van der Waals surface area (Å²) in [4.78, 5) is 38.3. The van der Waals surface area contributed by atoms with Gasteiger partial charge in [-0.05, 0) is 122 Å². The van der Waals surface area contributed by atoms with Crippen molar-refractivity contribution in [3.05, 3.63) is 97.2 Å². The summed E-state index contributed by atoms with van der Waals surface area (Å²) < 4.78 is 16.9. The number of hydrogen-bond acceptors (Lipinski definition) is 6. The maximum absolute atomic E-state index is 12.9. The Morgan fingerprint density at radius 3 is 0.810 bits per heavy atom. The van der Waals surface area contributed by atoms with E-state index in [2.05, 4.69) is 118 Å². The second-order valence-electron chi connectivity index (χ2n) is 22.3. The summed E-state index contributed by atoms with van der Waals surface area (Å²) in [6, 6.07) is 0. The number of ether oxygens (including phenoxy) is 3. The molecule has 0 saturated carbocycles. The molecule has 79 heavy (non-hydrogen) atoms. The molecule has 0 aromatic heterocycles. The summed E-state index contributed by atoms with van der Waals surface area (Å²) in [6.45, 7) is 6.49. The monoisotopic (exact) mass is 1100 g/mol. The number of carbonyl (C=O) groups is 3. The lowest BCUT2D eigenvalue weighted by molar-refractivity contribution is -0.167. The number of unbranched alkanes of at least 4 members (excludes halogenated alkanes) is 34. The van der Waals surface area contributed by atoms with Gasteiger partial charge < -0.3 is 14.2 Å². The minimum absolute atomic E-state index is 0.0952. The zero-order valence-corrected chi connectivity index (χ0v) is 52.1. The summed E-state index contributed by atoms with van der Waals surface area (Å²) in [5.74, 6) is -0.935. The predicted molar refractivity (Wildman–Crippen MR) is 344 cm³/mol. The van der Waals surface area contributed by atoms with Crippen molar-refractivity contribution in [2.45, 2.75) is 335 Å². The molecule has 0 aromatic rings. The molecule has 0 aliphatic rings. The Bertz CT molecular complexity index is 1540. The van der Waals surface area contributed by atoms with Crippen molar-refractivity contribution in [3.63, 3.8) is 0 Å². The van der Waals surface area contributed by atoms with E-state index in [1.54, 1.807) is 0 Å². The van der Waals surface area contributed by atoms with E-state index in [-0.39, 0.29) is 37.5 Å². The van der Waals surface area contributed by atoms with Crippen LogP contribution in [0.1, 0.15) is 329 Å². The first-order valence-electron chi connectivity index (χ1n) is 33.7. The fourth-order valence-electron chi connectivity index (χ4n) is 9.50. The topological polar surface area (TPSA) is 78.9 Å². The van der Waals surface area contributed by atoms with Gasteiger partial charge in [0.1, 0.15) is 13.2 Å². The van der Waals surface area contributed by atoms with Crippen LogP contribution in [0.2, 0.25) is 0 Å². The van der Waals surface area contributed by atoms with Crippen LogP contribution in [0.5, 0.6) is 0 Å². The van der Waals surface area contributed by atoms with Crippen LogP contribution in [0.15, 0.2) is 97.2 Å². The van der Waals surface area contributed by atoms with Gasteiger partial charge in [-0.25, -0.2) is 0 Å². The predicted octanol–water partition coefficient (Wildman–Crippen LogP) is 23.2. The Kier molecular flexibility index (Phi) is 63.7. The van der Waals surface area contributed by atoms with Crippen molar-refractivity contribution in [2.24, 2.45) is 0 Å². The smallest absolute Gasteiger partial charge is 0.306 e. The SMILES string of the molecule is CC/C=C\C/C=C\C/C=C\C/C=C\CCCCC(=O)OC(COC(=O)CCCCCCC/C=C\CCCCCCCC)COC(=O)CCCCCCCCCCCCCCCCCC/C=C\C/C=C\C/C=C\CCCCCCC. The van der Waals surface area contributed by atoms with Gasteiger partial charge in [-0.1, -0.05) is 285 Å². The molecule has 0 rings (SSSR count). The third-order valence-electron chi connectivity index (χ3n) is 14.5. The Morgan fingerprint density at radius 2 is 0.494 bits per heavy atom. The summed E-state index contributed by atoms with van der Waals surface area (Å²) in [5.41, 5.74) is 0. The van der Waals surface area contributed by atoms with Crippen molar-refractivity contribution < 1.29 is 28.6 Å². The summed E-state index contributed by atoms with van der Waals surface area (Å²) in [7, 11) is 0. The van der Waals surface area contributed by atoms with Crippen LogP contribution in [-0.2, 0) is 28.6 Å². The van der Waals surface area contributed by atoms with Crippen LogP contribution < -0.4 is 0 Å². The van der Waals surface area contributed by atoms with Gasteiger partial charge in [0, 0.05) is 19.3 Å². The maximum atomic E-state index is 12.9. The lowest BCUT2D eigenvalue weighted by atomic mass is 10.0. The van der Waals surface area contributed by atoms with Crippen molar-refractivity contribution in [1.82, 2.24) is 0 Å². The third-order valence-corrected chi connectivity index (χ3v) is 14.5. The number of esters is 3. The maximum Gasteiger partial charge on any atom is 0.306 e. The first kappa shape index (κ1) is 75.3. The average molecular weight is 1100 g/mol. The van der Waals surface area contributed by atoms with Crippen molar-refractivity contribution in [1.29, 1.82) is 0 Å². The van der Waals surface area contributed by atoms with Crippen LogP contribution in [0, 0.1) is 0 Å². The molecule has 0 amide bonds. The molecule has 0 aromatic carbocycles. The molecule has 1 atom stereocenters. The largest absolute Gasteiger partial charge is 0.462 e. The lowest BCUT2D eigenvalue weighted by Crippen LogP contribution is -2.30. The van der Waals surface area contributed by atoms with E-state index < -0.39 is 6.10 Å². The van der Waals surface area contributed by atoms with Gasteiger partial charge in [0.15, 0.2) is 6.10 Å². The average Bonchev–Trinajstić information content (AvgIpc) is 3.45. The van der Waals surface area contributed by atoms with Crippen molar-refractivity contribution >= 4 is 17.9 Å². The molecule has 454 valence electrons. The molecule has 0 fully saturated rings. The fourth-order valence-corrected chi connectivity index (χ4v) is 9.50. The van der Waals surface area contributed by atoms with Gasteiger partial charge >= 0.3 is 17.9 Å². The first-order chi connectivity index (χ1) is 39.0.